The molecular weight excluding hydrogens is 246 g/mol. The molecule has 0 atom stereocenters. The smallest absolute Gasteiger partial charge is 0.373 e. The van der Waals surface area contributed by atoms with E-state index in [9.17, 15) is 0 Å². The molecule has 0 aliphatic heterocycles. The van der Waals surface area contributed by atoms with Crippen molar-refractivity contribution in [3.8, 4) is 0 Å². The van der Waals surface area contributed by atoms with Gasteiger partial charge in [0, 0.05) is 39.9 Å². The van der Waals surface area contributed by atoms with Crippen molar-refractivity contribution in [3.63, 3.8) is 0 Å². The summed E-state index contributed by atoms with van der Waals surface area (Å²) in [4.78, 5) is 0. The van der Waals surface area contributed by atoms with Gasteiger partial charge in [0.1, 0.15) is 0 Å². The minimum Gasteiger partial charge on any atom is -0.373 e. The number of pyridine rings is 1. The molecule has 0 fully saturated rings. The summed E-state index contributed by atoms with van der Waals surface area (Å²) in [6.07, 6.45) is 3.72. The predicted octanol–water partition coefficient (Wildman–Crippen LogP) is 1.59. The van der Waals surface area contributed by atoms with Crippen molar-refractivity contribution in [1.29, 1.82) is 0 Å². The van der Waals surface area contributed by atoms with Gasteiger partial charge in [0.05, 0.1) is 0 Å². The number of hydrogen-bond acceptors (Lipinski definition) is 3. The van der Waals surface area contributed by atoms with Crippen molar-refractivity contribution in [2.75, 3.05) is 21.3 Å². The van der Waals surface area contributed by atoms with Gasteiger partial charge in [-0.1, -0.05) is 19.9 Å². The lowest BCUT2D eigenvalue weighted by molar-refractivity contribution is -0.692. The summed E-state index contributed by atoms with van der Waals surface area (Å²) < 4.78 is 18.6. The van der Waals surface area contributed by atoms with Gasteiger partial charge in [0.25, 0.3) is 0 Å². The molecular formula is C13H24NO3Si+. The Bertz CT molecular complexity index is 359. The largest absolute Gasteiger partial charge is 0.569 e. The Morgan fingerprint density at radius 1 is 1.11 bits per heavy atom. The van der Waals surface area contributed by atoms with E-state index in [2.05, 4.69) is 36.7 Å². The van der Waals surface area contributed by atoms with Crippen LogP contribution < -0.4 is 4.57 Å². The maximum absolute atomic E-state index is 5.47. The van der Waals surface area contributed by atoms with E-state index in [1.165, 1.54) is 5.69 Å². The summed E-state index contributed by atoms with van der Waals surface area (Å²) in [5, 5.41) is 0. The zero-order valence-electron chi connectivity index (χ0n) is 12.0. The number of hydrogen-bond donors (Lipinski definition) is 0. The minimum absolute atomic E-state index is 0.613. The van der Waals surface area contributed by atoms with Crippen LogP contribution in [-0.2, 0) is 25.9 Å². The zero-order chi connectivity index (χ0) is 13.6. The number of rotatable bonds is 7. The van der Waals surface area contributed by atoms with Crippen LogP contribution in [0.4, 0.5) is 0 Å². The average molecular weight is 270 g/mol. The summed E-state index contributed by atoms with van der Waals surface area (Å²) in [5.41, 5.74) is 1.27. The SMILES string of the molecule is CO[Si](C[n+]1ccccc1CC(C)C)(OC)OC. The summed E-state index contributed by atoms with van der Waals surface area (Å²) in [6, 6.07) is 6.22. The van der Waals surface area contributed by atoms with Gasteiger partial charge in [-0.05, 0) is 5.92 Å². The molecule has 0 N–H and O–H groups in total. The van der Waals surface area contributed by atoms with Gasteiger partial charge in [-0.25, -0.2) is 0 Å². The van der Waals surface area contributed by atoms with Crippen LogP contribution in [-0.4, -0.2) is 30.1 Å². The van der Waals surface area contributed by atoms with E-state index in [1.54, 1.807) is 21.3 Å². The van der Waals surface area contributed by atoms with Crippen LogP contribution in [0.5, 0.6) is 0 Å². The molecule has 0 aliphatic rings. The molecule has 1 heterocycles. The summed E-state index contributed by atoms with van der Waals surface area (Å²) in [7, 11) is 2.35. The van der Waals surface area contributed by atoms with Gasteiger partial charge in [0.15, 0.2) is 11.9 Å². The van der Waals surface area contributed by atoms with Crippen molar-refractivity contribution in [1.82, 2.24) is 0 Å². The van der Waals surface area contributed by atoms with E-state index in [0.717, 1.165) is 6.42 Å². The van der Waals surface area contributed by atoms with Crippen LogP contribution in [0.25, 0.3) is 0 Å². The summed E-state index contributed by atoms with van der Waals surface area (Å²) >= 11 is 0. The van der Waals surface area contributed by atoms with Crippen molar-refractivity contribution in [3.05, 3.63) is 30.1 Å². The normalized spacial score (nSPS) is 12.1. The molecule has 0 unspecified atom stereocenters. The van der Waals surface area contributed by atoms with E-state index >= 15 is 0 Å². The van der Waals surface area contributed by atoms with Crippen LogP contribution in [0.15, 0.2) is 24.4 Å². The molecule has 4 nitrogen and oxygen atoms in total. The molecule has 0 saturated heterocycles. The second kappa shape index (κ2) is 6.99. The molecule has 0 amide bonds. The van der Waals surface area contributed by atoms with Crippen LogP contribution >= 0.6 is 0 Å². The third kappa shape index (κ3) is 3.88. The second-order valence-electron chi connectivity index (χ2n) is 4.71. The van der Waals surface area contributed by atoms with Gasteiger partial charge < -0.3 is 13.3 Å². The lowest BCUT2D eigenvalue weighted by Gasteiger charge is -2.21. The predicted molar refractivity (Wildman–Crippen MR) is 72.0 cm³/mol. The van der Waals surface area contributed by atoms with Gasteiger partial charge >= 0.3 is 8.80 Å². The van der Waals surface area contributed by atoms with Gasteiger partial charge in [-0.15, -0.1) is 0 Å². The van der Waals surface area contributed by atoms with Gasteiger partial charge in [-0.2, -0.15) is 4.57 Å². The van der Waals surface area contributed by atoms with E-state index in [-0.39, 0.29) is 0 Å². The Morgan fingerprint density at radius 3 is 2.22 bits per heavy atom. The van der Waals surface area contributed by atoms with E-state index in [4.69, 9.17) is 13.3 Å². The molecule has 0 aromatic carbocycles. The first-order valence-electron chi connectivity index (χ1n) is 6.19. The fourth-order valence-electron chi connectivity index (χ4n) is 1.92. The lowest BCUT2D eigenvalue weighted by Crippen LogP contribution is -2.57. The van der Waals surface area contributed by atoms with E-state index in [1.807, 2.05) is 6.07 Å². The minimum atomic E-state index is -2.58. The van der Waals surface area contributed by atoms with Crippen molar-refractivity contribution >= 4 is 8.80 Å². The highest BCUT2D eigenvalue weighted by molar-refractivity contribution is 6.58. The third-order valence-corrected chi connectivity index (χ3v) is 5.54. The highest BCUT2D eigenvalue weighted by Crippen LogP contribution is 2.08. The molecule has 18 heavy (non-hydrogen) atoms. The Balaban J connectivity index is 2.95. The molecule has 102 valence electrons. The Hall–Kier alpha value is -0.753. The monoisotopic (exact) mass is 270 g/mol. The first-order valence-corrected chi connectivity index (χ1v) is 8.13. The molecule has 0 saturated carbocycles. The van der Waals surface area contributed by atoms with E-state index < -0.39 is 8.80 Å². The maximum atomic E-state index is 5.47. The van der Waals surface area contributed by atoms with Crippen LogP contribution in [0.1, 0.15) is 19.5 Å². The molecule has 1 aromatic rings. The first kappa shape index (κ1) is 15.3. The summed E-state index contributed by atoms with van der Waals surface area (Å²) in [6.45, 7) is 4.43. The molecule has 0 bridgehead atoms. The molecule has 0 radical (unpaired) electrons. The quantitative estimate of drug-likeness (QED) is 0.557. The Kier molecular flexibility index (Phi) is 5.94. The van der Waals surface area contributed by atoms with Gasteiger partial charge in [-0.3, -0.25) is 0 Å². The van der Waals surface area contributed by atoms with Crippen LogP contribution in [0.2, 0.25) is 0 Å². The van der Waals surface area contributed by atoms with Crippen molar-refractivity contribution in [2.24, 2.45) is 5.92 Å². The Morgan fingerprint density at radius 2 is 1.72 bits per heavy atom. The van der Waals surface area contributed by atoms with Crippen molar-refractivity contribution < 1.29 is 17.8 Å². The molecule has 1 rings (SSSR count). The fraction of sp³-hybridized carbons (Fsp3) is 0.615. The Labute approximate surface area is 111 Å². The van der Waals surface area contributed by atoms with Crippen molar-refractivity contribution in [2.45, 2.75) is 26.4 Å². The maximum Gasteiger partial charge on any atom is 0.569 e. The lowest BCUT2D eigenvalue weighted by atomic mass is 10.1. The number of nitrogens with zero attached hydrogens (tertiary/aromatic N) is 1. The second-order valence-corrected chi connectivity index (χ2v) is 7.62. The standard InChI is InChI=1S/C13H24NO3Si/c1-12(2)10-13-8-6-7-9-14(13)11-18(15-3,16-4)17-5/h6-9,12H,10-11H2,1-5H3/q+1. The first-order chi connectivity index (χ1) is 8.56. The highest BCUT2D eigenvalue weighted by Gasteiger charge is 2.44. The van der Waals surface area contributed by atoms with E-state index in [0.29, 0.717) is 12.1 Å². The third-order valence-electron chi connectivity index (χ3n) is 2.95. The molecule has 0 spiro atoms. The van der Waals surface area contributed by atoms with Gasteiger partial charge in [0.2, 0.25) is 6.17 Å². The molecule has 0 aliphatic carbocycles. The van der Waals surface area contributed by atoms with Crippen LogP contribution in [0.3, 0.4) is 0 Å². The molecule has 1 aromatic heterocycles. The van der Waals surface area contributed by atoms with Crippen LogP contribution in [0, 0.1) is 5.92 Å². The highest BCUT2D eigenvalue weighted by atomic mass is 28.4. The fourth-order valence-corrected chi connectivity index (χ4v) is 3.53. The zero-order valence-corrected chi connectivity index (χ0v) is 13.0. The number of aromatic nitrogens is 1. The molecule has 5 heteroatoms. The average Bonchev–Trinajstić information content (AvgIpc) is 2.37. The topological polar surface area (TPSA) is 31.6 Å². The summed E-state index contributed by atoms with van der Waals surface area (Å²) in [5.74, 6) is 0.613.